The summed E-state index contributed by atoms with van der Waals surface area (Å²) in [4.78, 5) is 0. The van der Waals surface area contributed by atoms with Crippen LogP contribution in [0.2, 0.25) is 0 Å². The van der Waals surface area contributed by atoms with E-state index in [1.54, 1.807) is 9.12 Å². The molecule has 2 radical (unpaired) electrons. The van der Waals surface area contributed by atoms with E-state index in [1.165, 1.54) is 0 Å². The molecular formula is HGeO2P. The third kappa shape index (κ3) is 25.9. The third-order valence-electron chi connectivity index (χ3n) is 0. The maximum absolute atomic E-state index is 8.25. The Balaban J connectivity index is 0. The summed E-state index contributed by atoms with van der Waals surface area (Å²) in [5.74, 6) is 0. The van der Waals surface area contributed by atoms with Gasteiger partial charge in [-0.05, 0) is 0 Å². The van der Waals surface area contributed by atoms with Gasteiger partial charge in [0.15, 0.2) is 0 Å². The Kier molecular flexibility index (Phi) is 231. The van der Waals surface area contributed by atoms with E-state index in [0.29, 0.717) is 0 Å². The van der Waals surface area contributed by atoms with Gasteiger partial charge in [0.2, 0.25) is 0 Å². The summed E-state index contributed by atoms with van der Waals surface area (Å²) < 4.78 is 16.3. The summed E-state index contributed by atoms with van der Waals surface area (Å²) in [5, 5.41) is 0. The number of rotatable bonds is 0. The van der Waals surface area contributed by atoms with Crippen LogP contribution in [0.25, 0.3) is 0 Å². The van der Waals surface area contributed by atoms with Crippen LogP contribution in [0.3, 0.4) is 0 Å². The summed E-state index contributed by atoms with van der Waals surface area (Å²) in [6.07, 6.45) is 0. The minimum atomic E-state index is 0.750. The molecule has 2 nitrogen and oxygen atoms in total. The fraction of sp³-hybridized carbons (Fsp3) is 0. The van der Waals surface area contributed by atoms with Crippen LogP contribution in [0.4, 0.5) is 0 Å². The average Bonchev–Trinajstić information content (AvgIpc) is 1.50. The predicted molar refractivity (Wildman–Crippen MR) is 15.4 cm³/mol. The molecule has 0 aliphatic rings. The summed E-state index contributed by atoms with van der Waals surface area (Å²) in [6, 6.07) is 0. The molecule has 0 unspecified atom stereocenters. The molecule has 0 bridgehead atoms. The van der Waals surface area contributed by atoms with E-state index >= 15 is 0 Å². The van der Waals surface area contributed by atoms with E-state index in [0.717, 1.165) is 16.5 Å². The molecule has 0 rings (SSSR count). The van der Waals surface area contributed by atoms with Crippen molar-refractivity contribution >= 4 is 25.6 Å². The SMILES string of the molecule is O=P.[O]=[Ge]. The Morgan fingerprint density at radius 2 is 1.25 bits per heavy atom. The van der Waals surface area contributed by atoms with Crippen molar-refractivity contribution in [2.24, 2.45) is 0 Å². The average molecular weight is 137 g/mol. The first-order chi connectivity index (χ1) is 2.00. The van der Waals surface area contributed by atoms with Gasteiger partial charge in [0, 0.05) is 0 Å². The standard InChI is InChI=1S/GeO.HOP/c2*1-2/h;2H. The molecular weight excluding hydrogens is 136 g/mol. The summed E-state index contributed by atoms with van der Waals surface area (Å²) in [5.41, 5.74) is 0. The van der Waals surface area contributed by atoms with Gasteiger partial charge in [-0.15, -0.1) is 0 Å². The zero-order chi connectivity index (χ0) is 4.00. The van der Waals surface area contributed by atoms with Crippen LogP contribution in [0.15, 0.2) is 0 Å². The summed E-state index contributed by atoms with van der Waals surface area (Å²) in [7, 11) is 1.72. The Bertz CT molecular complexity index is 8.00. The van der Waals surface area contributed by atoms with Gasteiger partial charge in [-0.1, -0.05) is 0 Å². The van der Waals surface area contributed by atoms with E-state index in [2.05, 4.69) is 0 Å². The summed E-state index contributed by atoms with van der Waals surface area (Å²) >= 11 is 0.750. The van der Waals surface area contributed by atoms with Gasteiger partial charge in [0.05, 0.1) is 0 Å². The number of hydrogen-bond acceptors (Lipinski definition) is 2. The van der Waals surface area contributed by atoms with Crippen molar-refractivity contribution in [2.75, 3.05) is 0 Å². The van der Waals surface area contributed by atoms with E-state index in [4.69, 9.17) is 8.34 Å². The fourth-order valence-electron chi connectivity index (χ4n) is 0. The molecule has 0 aromatic carbocycles. The Labute approximate surface area is 34.6 Å². The predicted octanol–water partition coefficient (Wildman–Crippen LogP) is -0.0249. The van der Waals surface area contributed by atoms with Crippen molar-refractivity contribution in [3.63, 3.8) is 0 Å². The van der Waals surface area contributed by atoms with E-state index in [1.807, 2.05) is 0 Å². The monoisotopic (exact) mass is 138 g/mol. The van der Waals surface area contributed by atoms with E-state index in [-0.39, 0.29) is 0 Å². The fourth-order valence-corrected chi connectivity index (χ4v) is 0. The zero-order valence-electron chi connectivity index (χ0n) is 1.82. The van der Waals surface area contributed by atoms with Gasteiger partial charge in [-0.25, -0.2) is 0 Å². The van der Waals surface area contributed by atoms with E-state index in [9.17, 15) is 0 Å². The van der Waals surface area contributed by atoms with Crippen molar-refractivity contribution in [3.8, 4) is 0 Å². The van der Waals surface area contributed by atoms with Gasteiger partial charge in [-0.3, -0.25) is 4.57 Å². The molecule has 4 heavy (non-hydrogen) atoms. The molecule has 0 aromatic heterocycles. The molecule has 0 aromatic rings. The molecule has 0 aliphatic carbocycles. The van der Waals surface area contributed by atoms with E-state index < -0.39 is 0 Å². The van der Waals surface area contributed by atoms with Gasteiger partial charge in [0.25, 0.3) is 0 Å². The molecule has 0 saturated heterocycles. The Morgan fingerprint density at radius 3 is 1.25 bits per heavy atom. The van der Waals surface area contributed by atoms with Crippen LogP contribution < -0.4 is 0 Å². The van der Waals surface area contributed by atoms with Gasteiger partial charge < -0.3 is 0 Å². The van der Waals surface area contributed by atoms with Crippen LogP contribution in [0, 0.1) is 0 Å². The molecule has 4 heteroatoms. The molecule has 0 atom stereocenters. The zero-order valence-corrected chi connectivity index (χ0v) is 4.91. The molecule has 0 N–H and O–H groups in total. The molecule has 22 valence electrons. The van der Waals surface area contributed by atoms with Crippen LogP contribution >= 0.6 is 9.12 Å². The second-order valence-electron chi connectivity index (χ2n) is 0. The first kappa shape index (κ1) is 8.82. The minimum absolute atomic E-state index is 0.750. The second kappa shape index (κ2) is 105. The van der Waals surface area contributed by atoms with Crippen molar-refractivity contribution in [1.82, 2.24) is 0 Å². The van der Waals surface area contributed by atoms with Crippen molar-refractivity contribution < 1.29 is 8.34 Å². The van der Waals surface area contributed by atoms with Crippen LogP contribution in [0.5, 0.6) is 0 Å². The van der Waals surface area contributed by atoms with Crippen LogP contribution in [-0.4, -0.2) is 16.5 Å². The van der Waals surface area contributed by atoms with Gasteiger partial charge in [0.1, 0.15) is 9.12 Å². The Hall–Kier alpha value is 0.443. The first-order valence-corrected chi connectivity index (χ1v) is 1.67. The molecule has 0 aliphatic heterocycles. The topological polar surface area (TPSA) is 34.1 Å². The van der Waals surface area contributed by atoms with Crippen LogP contribution in [-0.2, 0) is 8.34 Å². The summed E-state index contributed by atoms with van der Waals surface area (Å²) in [6.45, 7) is 0. The molecule has 0 spiro atoms. The normalized spacial score (nSPS) is 2.00. The van der Waals surface area contributed by atoms with Crippen molar-refractivity contribution in [2.45, 2.75) is 0 Å². The first-order valence-electron chi connectivity index (χ1n) is 0.408. The maximum atomic E-state index is 8.25. The van der Waals surface area contributed by atoms with Crippen molar-refractivity contribution in [3.05, 3.63) is 0 Å². The Morgan fingerprint density at radius 1 is 1.25 bits per heavy atom. The quantitative estimate of drug-likeness (QED) is 0.346. The molecule has 0 fully saturated rings. The third-order valence-corrected chi connectivity index (χ3v) is 0. The second-order valence-corrected chi connectivity index (χ2v) is 0. The molecule has 0 amide bonds. The van der Waals surface area contributed by atoms with Crippen LogP contribution in [0.1, 0.15) is 0 Å². The van der Waals surface area contributed by atoms with Crippen molar-refractivity contribution in [1.29, 1.82) is 0 Å². The molecule has 0 saturated carbocycles. The number of hydrogen-bond donors (Lipinski definition) is 0. The van der Waals surface area contributed by atoms with Gasteiger partial charge in [-0.2, -0.15) is 0 Å². The van der Waals surface area contributed by atoms with Gasteiger partial charge >= 0.3 is 20.2 Å². The molecule has 0 heterocycles.